The van der Waals surface area contributed by atoms with Crippen molar-refractivity contribution in [3.8, 4) is 0 Å². The third kappa shape index (κ3) is 5.67. The van der Waals surface area contributed by atoms with Gasteiger partial charge in [0.05, 0.1) is 11.9 Å². The SMILES string of the molecule is C[C@H](C(=O)NCc1ccc(N2CCCCC2)cc1)N(c1cccc(Cl)c1)S(C)(=O)=O. The molecule has 1 aliphatic heterocycles. The van der Waals surface area contributed by atoms with Crippen molar-refractivity contribution in [1.82, 2.24) is 5.32 Å². The molecule has 30 heavy (non-hydrogen) atoms. The van der Waals surface area contributed by atoms with Gasteiger partial charge in [-0.3, -0.25) is 9.10 Å². The van der Waals surface area contributed by atoms with Crippen molar-refractivity contribution in [2.45, 2.75) is 38.8 Å². The van der Waals surface area contributed by atoms with E-state index in [0.29, 0.717) is 17.3 Å². The van der Waals surface area contributed by atoms with Crippen LogP contribution in [0.1, 0.15) is 31.7 Å². The van der Waals surface area contributed by atoms with Gasteiger partial charge in [-0.15, -0.1) is 0 Å². The van der Waals surface area contributed by atoms with E-state index in [1.165, 1.54) is 31.0 Å². The fourth-order valence-electron chi connectivity index (χ4n) is 3.74. The van der Waals surface area contributed by atoms with Crippen LogP contribution in [0, 0.1) is 0 Å². The summed E-state index contributed by atoms with van der Waals surface area (Å²) < 4.78 is 25.8. The Bertz CT molecular complexity index is 973. The van der Waals surface area contributed by atoms with Crippen LogP contribution in [0.3, 0.4) is 0 Å². The van der Waals surface area contributed by atoms with E-state index < -0.39 is 16.1 Å². The van der Waals surface area contributed by atoms with Gasteiger partial charge in [0.15, 0.2) is 0 Å². The van der Waals surface area contributed by atoms with Crippen molar-refractivity contribution in [3.63, 3.8) is 0 Å². The maximum absolute atomic E-state index is 12.7. The van der Waals surface area contributed by atoms with E-state index in [-0.39, 0.29) is 5.91 Å². The number of piperidine rings is 1. The summed E-state index contributed by atoms with van der Waals surface area (Å²) in [5.74, 6) is -0.375. The van der Waals surface area contributed by atoms with E-state index >= 15 is 0 Å². The molecule has 3 rings (SSSR count). The fourth-order valence-corrected chi connectivity index (χ4v) is 5.09. The molecular weight excluding hydrogens is 422 g/mol. The van der Waals surface area contributed by atoms with Crippen molar-refractivity contribution >= 4 is 38.9 Å². The lowest BCUT2D eigenvalue weighted by atomic mass is 10.1. The molecule has 8 heteroatoms. The highest BCUT2D eigenvalue weighted by molar-refractivity contribution is 7.92. The van der Waals surface area contributed by atoms with E-state index in [1.54, 1.807) is 25.1 Å². The number of amides is 1. The van der Waals surface area contributed by atoms with Crippen LogP contribution in [0.15, 0.2) is 48.5 Å². The number of halogens is 1. The van der Waals surface area contributed by atoms with Gasteiger partial charge >= 0.3 is 0 Å². The summed E-state index contributed by atoms with van der Waals surface area (Å²) in [6.07, 6.45) is 4.81. The third-order valence-electron chi connectivity index (χ3n) is 5.28. The van der Waals surface area contributed by atoms with Gasteiger partial charge in [-0.05, 0) is 62.1 Å². The predicted octanol–water partition coefficient (Wildman–Crippen LogP) is 3.80. The standard InChI is InChI=1S/C22H28ClN3O3S/c1-17(26(30(2,28)29)21-8-6-7-19(23)15-21)22(27)24-16-18-9-11-20(12-10-18)25-13-4-3-5-14-25/h6-12,15,17H,3-5,13-14,16H2,1-2H3,(H,24,27)/t17-/m1/s1. The van der Waals surface area contributed by atoms with Crippen molar-refractivity contribution in [3.05, 3.63) is 59.1 Å². The van der Waals surface area contributed by atoms with Crippen LogP contribution in [0.2, 0.25) is 5.02 Å². The van der Waals surface area contributed by atoms with E-state index in [0.717, 1.165) is 29.2 Å². The largest absolute Gasteiger partial charge is 0.372 e. The maximum Gasteiger partial charge on any atom is 0.243 e. The second kappa shape index (κ2) is 9.71. The summed E-state index contributed by atoms with van der Waals surface area (Å²) in [6.45, 7) is 4.06. The normalized spacial score (nSPS) is 15.5. The van der Waals surface area contributed by atoms with E-state index in [1.807, 2.05) is 12.1 Å². The highest BCUT2D eigenvalue weighted by atomic mass is 35.5. The molecule has 0 radical (unpaired) electrons. The summed E-state index contributed by atoms with van der Waals surface area (Å²) in [5, 5.41) is 3.25. The summed E-state index contributed by atoms with van der Waals surface area (Å²) in [5.41, 5.74) is 2.52. The van der Waals surface area contributed by atoms with Gasteiger partial charge in [0.2, 0.25) is 15.9 Å². The quantitative estimate of drug-likeness (QED) is 0.698. The van der Waals surface area contributed by atoms with Gasteiger partial charge in [-0.2, -0.15) is 0 Å². The van der Waals surface area contributed by atoms with Crippen LogP contribution in [0.25, 0.3) is 0 Å². The molecule has 1 aliphatic rings. The first kappa shape index (κ1) is 22.4. The number of rotatable bonds is 7. The van der Waals surface area contributed by atoms with Gasteiger partial charge < -0.3 is 10.2 Å². The van der Waals surface area contributed by atoms with Crippen LogP contribution in [0.4, 0.5) is 11.4 Å². The Labute approximate surface area is 183 Å². The number of nitrogens with one attached hydrogen (secondary N) is 1. The molecule has 0 unspecified atom stereocenters. The number of hydrogen-bond acceptors (Lipinski definition) is 4. The molecule has 0 aromatic heterocycles. The Morgan fingerprint density at radius 3 is 2.40 bits per heavy atom. The highest BCUT2D eigenvalue weighted by Gasteiger charge is 2.29. The molecule has 2 aromatic carbocycles. The average Bonchev–Trinajstić information content (AvgIpc) is 2.72. The zero-order valence-corrected chi connectivity index (χ0v) is 18.9. The van der Waals surface area contributed by atoms with Crippen LogP contribution in [-0.2, 0) is 21.4 Å². The first-order valence-electron chi connectivity index (χ1n) is 10.1. The van der Waals surface area contributed by atoms with Gasteiger partial charge in [0.25, 0.3) is 0 Å². The minimum absolute atomic E-state index is 0.330. The lowest BCUT2D eigenvalue weighted by molar-refractivity contribution is -0.122. The molecule has 162 valence electrons. The molecule has 1 N–H and O–H groups in total. The predicted molar refractivity (Wildman–Crippen MR) is 123 cm³/mol. The summed E-state index contributed by atoms with van der Waals surface area (Å²) in [7, 11) is -3.67. The molecule has 0 saturated carbocycles. The molecule has 0 bridgehead atoms. The molecule has 0 aliphatic carbocycles. The molecule has 2 aromatic rings. The Kier molecular flexibility index (Phi) is 7.26. The number of sulfonamides is 1. The first-order chi connectivity index (χ1) is 14.3. The molecule has 1 heterocycles. The summed E-state index contributed by atoms with van der Waals surface area (Å²) >= 11 is 6.01. The molecular formula is C22H28ClN3O3S. The lowest BCUT2D eigenvalue weighted by Gasteiger charge is -2.29. The Hall–Kier alpha value is -2.25. The zero-order chi connectivity index (χ0) is 21.7. The minimum atomic E-state index is -3.67. The van der Waals surface area contributed by atoms with Crippen molar-refractivity contribution in [1.29, 1.82) is 0 Å². The number of nitrogens with zero attached hydrogens (tertiary/aromatic N) is 2. The number of carbonyl (C=O) groups is 1. The second-order valence-electron chi connectivity index (χ2n) is 7.65. The number of hydrogen-bond donors (Lipinski definition) is 1. The lowest BCUT2D eigenvalue weighted by Crippen LogP contribution is -2.47. The fraction of sp³-hybridized carbons (Fsp3) is 0.409. The second-order valence-corrected chi connectivity index (χ2v) is 9.94. The van der Waals surface area contributed by atoms with Crippen molar-refractivity contribution in [2.24, 2.45) is 0 Å². The van der Waals surface area contributed by atoms with E-state index in [4.69, 9.17) is 11.6 Å². The molecule has 6 nitrogen and oxygen atoms in total. The Morgan fingerprint density at radius 1 is 1.13 bits per heavy atom. The van der Waals surface area contributed by atoms with Crippen molar-refractivity contribution < 1.29 is 13.2 Å². The average molecular weight is 450 g/mol. The van der Waals surface area contributed by atoms with Gasteiger partial charge in [-0.25, -0.2) is 8.42 Å². The molecule has 1 atom stereocenters. The van der Waals surface area contributed by atoms with Crippen LogP contribution in [-0.4, -0.2) is 39.7 Å². The third-order valence-corrected chi connectivity index (χ3v) is 6.75. The maximum atomic E-state index is 12.7. The summed E-state index contributed by atoms with van der Waals surface area (Å²) in [6, 6.07) is 13.7. The molecule has 1 amide bonds. The van der Waals surface area contributed by atoms with Gasteiger partial charge in [0, 0.05) is 30.3 Å². The molecule has 1 fully saturated rings. The minimum Gasteiger partial charge on any atom is -0.372 e. The van der Waals surface area contributed by atoms with Gasteiger partial charge in [0.1, 0.15) is 6.04 Å². The monoisotopic (exact) mass is 449 g/mol. The van der Waals surface area contributed by atoms with Crippen LogP contribution in [0.5, 0.6) is 0 Å². The van der Waals surface area contributed by atoms with E-state index in [9.17, 15) is 13.2 Å². The molecule has 1 saturated heterocycles. The van der Waals surface area contributed by atoms with Crippen LogP contribution < -0.4 is 14.5 Å². The number of carbonyl (C=O) groups excluding carboxylic acids is 1. The molecule has 0 spiro atoms. The Morgan fingerprint density at radius 2 is 1.80 bits per heavy atom. The van der Waals surface area contributed by atoms with E-state index in [2.05, 4.69) is 22.3 Å². The van der Waals surface area contributed by atoms with Crippen molar-refractivity contribution in [2.75, 3.05) is 28.6 Å². The first-order valence-corrected chi connectivity index (χ1v) is 12.3. The highest BCUT2D eigenvalue weighted by Crippen LogP contribution is 2.24. The number of anilines is 2. The summed E-state index contributed by atoms with van der Waals surface area (Å²) in [4.78, 5) is 15.1. The van der Waals surface area contributed by atoms with Gasteiger partial charge in [-0.1, -0.05) is 29.8 Å². The topological polar surface area (TPSA) is 69.7 Å². The zero-order valence-electron chi connectivity index (χ0n) is 17.3. The smallest absolute Gasteiger partial charge is 0.243 e. The number of benzene rings is 2. The van der Waals surface area contributed by atoms with Crippen LogP contribution >= 0.6 is 11.6 Å². The Balaban J connectivity index is 1.65.